The number of ether oxygens (including phenoxy) is 1. The Bertz CT molecular complexity index is 1090. The number of ketones is 1. The van der Waals surface area contributed by atoms with E-state index in [4.69, 9.17) is 4.74 Å². The van der Waals surface area contributed by atoms with Crippen LogP contribution in [0.2, 0.25) is 0 Å². The van der Waals surface area contributed by atoms with E-state index >= 15 is 0 Å². The minimum Gasteiger partial charge on any atom is -0.373 e. The minimum atomic E-state index is -0.160. The molecule has 5 rings (SSSR count). The first-order chi connectivity index (χ1) is 14.8. The molecule has 162 valence electrons. The second kappa shape index (κ2) is 7.41. The van der Waals surface area contributed by atoms with Crippen molar-refractivity contribution in [2.24, 2.45) is 11.8 Å². The maximum absolute atomic E-state index is 14.3. The smallest absolute Gasteiger partial charge is 0.169 e. The lowest BCUT2D eigenvalue weighted by atomic mass is 9.71. The fraction of sp³-hybridized carbons (Fsp3) is 0.464. The molecule has 3 unspecified atom stereocenters. The second-order valence-electron chi connectivity index (χ2n) is 9.63. The Morgan fingerprint density at radius 3 is 2.29 bits per heavy atom. The van der Waals surface area contributed by atoms with Gasteiger partial charge in [0.05, 0.1) is 18.1 Å². The van der Waals surface area contributed by atoms with Crippen molar-refractivity contribution >= 4 is 11.4 Å². The van der Waals surface area contributed by atoms with Gasteiger partial charge in [-0.25, -0.2) is 4.39 Å². The fourth-order valence-electron chi connectivity index (χ4n) is 6.42. The molecule has 0 N–H and O–H groups in total. The molecule has 2 heterocycles. The van der Waals surface area contributed by atoms with Crippen molar-refractivity contribution in [3.05, 3.63) is 75.1 Å². The van der Waals surface area contributed by atoms with Crippen LogP contribution in [0.25, 0.3) is 5.57 Å². The third-order valence-electron chi connectivity index (χ3n) is 7.88. The number of allylic oxidation sites excluding steroid dienone is 1. The molecule has 2 aliphatic heterocycles. The van der Waals surface area contributed by atoms with Gasteiger partial charge < -0.3 is 4.74 Å². The van der Waals surface area contributed by atoms with E-state index < -0.39 is 0 Å². The van der Waals surface area contributed by atoms with Gasteiger partial charge in [-0.3, -0.25) is 4.79 Å². The normalized spacial score (nSPS) is 29.2. The van der Waals surface area contributed by atoms with Crippen LogP contribution in [0, 0.1) is 31.5 Å². The molecule has 0 saturated carbocycles. The van der Waals surface area contributed by atoms with E-state index in [1.54, 1.807) is 13.0 Å². The van der Waals surface area contributed by atoms with Gasteiger partial charge in [0.2, 0.25) is 0 Å². The predicted octanol–water partition coefficient (Wildman–Crippen LogP) is 6.11. The van der Waals surface area contributed by atoms with Crippen LogP contribution < -0.4 is 0 Å². The number of halogens is 1. The van der Waals surface area contributed by atoms with Crippen molar-refractivity contribution in [3.63, 3.8) is 0 Å². The molecule has 2 saturated heterocycles. The summed E-state index contributed by atoms with van der Waals surface area (Å²) in [5, 5.41) is 0. The summed E-state index contributed by atoms with van der Waals surface area (Å²) in [6.45, 7) is 10.4. The Hall–Kier alpha value is -2.26. The molecule has 1 aliphatic carbocycles. The lowest BCUT2D eigenvalue weighted by Crippen LogP contribution is -2.33. The Morgan fingerprint density at radius 2 is 1.68 bits per heavy atom. The van der Waals surface area contributed by atoms with E-state index in [1.807, 2.05) is 12.1 Å². The summed E-state index contributed by atoms with van der Waals surface area (Å²) >= 11 is 0. The Labute approximate surface area is 184 Å². The van der Waals surface area contributed by atoms with Gasteiger partial charge >= 0.3 is 0 Å². The third-order valence-corrected chi connectivity index (χ3v) is 7.88. The largest absolute Gasteiger partial charge is 0.373 e. The number of rotatable bonds is 4. The maximum atomic E-state index is 14.3. The van der Waals surface area contributed by atoms with Crippen LogP contribution >= 0.6 is 0 Å². The van der Waals surface area contributed by atoms with Gasteiger partial charge in [-0.15, -0.1) is 0 Å². The van der Waals surface area contributed by atoms with E-state index in [0.717, 1.165) is 30.4 Å². The highest BCUT2D eigenvalue weighted by molar-refractivity contribution is 6.26. The zero-order chi connectivity index (χ0) is 22.0. The lowest BCUT2D eigenvalue weighted by Gasteiger charge is -2.29. The van der Waals surface area contributed by atoms with Crippen molar-refractivity contribution < 1.29 is 13.9 Å². The highest BCUT2D eigenvalue weighted by Gasteiger charge is 2.61. The topological polar surface area (TPSA) is 26.3 Å². The second-order valence-corrected chi connectivity index (χ2v) is 9.63. The fourth-order valence-corrected chi connectivity index (χ4v) is 6.42. The molecule has 2 nitrogen and oxygen atoms in total. The number of aryl methyl sites for hydroxylation is 4. The molecular formula is C28H31FO2. The summed E-state index contributed by atoms with van der Waals surface area (Å²) in [4.78, 5) is 13.8. The number of Topliss-reactive ketones (excluding diaryl/α,β-unsaturated/α-hetero) is 1. The summed E-state index contributed by atoms with van der Waals surface area (Å²) in [6, 6.07) is 10.0. The van der Waals surface area contributed by atoms with Crippen molar-refractivity contribution in [2.75, 3.05) is 0 Å². The zero-order valence-electron chi connectivity index (χ0n) is 19.1. The van der Waals surface area contributed by atoms with Gasteiger partial charge in [-0.1, -0.05) is 49.2 Å². The minimum absolute atomic E-state index is 0.0424. The molecular weight excluding hydrogens is 387 g/mol. The van der Waals surface area contributed by atoms with Crippen molar-refractivity contribution in [2.45, 2.75) is 72.0 Å². The van der Waals surface area contributed by atoms with E-state index in [-0.39, 0.29) is 41.6 Å². The van der Waals surface area contributed by atoms with Crippen LogP contribution in [-0.4, -0.2) is 18.0 Å². The highest BCUT2D eigenvalue weighted by atomic mass is 19.1. The zero-order valence-corrected chi connectivity index (χ0v) is 19.1. The first-order valence-electron chi connectivity index (χ1n) is 11.6. The lowest BCUT2D eigenvalue weighted by molar-refractivity contribution is -0.118. The summed E-state index contributed by atoms with van der Waals surface area (Å²) in [5.41, 5.74) is 8.75. The monoisotopic (exact) mass is 418 g/mol. The molecule has 0 spiro atoms. The van der Waals surface area contributed by atoms with Crippen LogP contribution in [0.5, 0.6) is 0 Å². The van der Waals surface area contributed by atoms with Crippen LogP contribution in [0.15, 0.2) is 35.9 Å². The van der Waals surface area contributed by atoms with Gasteiger partial charge in [0.1, 0.15) is 5.82 Å². The van der Waals surface area contributed by atoms with Crippen LogP contribution in [0.1, 0.15) is 66.5 Å². The van der Waals surface area contributed by atoms with Gasteiger partial charge in [-0.2, -0.15) is 0 Å². The number of hydrogen-bond donors (Lipinski definition) is 0. The van der Waals surface area contributed by atoms with Gasteiger partial charge in [0.25, 0.3) is 0 Å². The quantitative estimate of drug-likeness (QED) is 0.599. The Kier molecular flexibility index (Phi) is 4.93. The average Bonchev–Trinajstić information content (AvgIpc) is 3.41. The SMILES string of the molecule is CCc1cc(C)cc(CC)c1C1=C(C)[C@@H]2C3OC(CC3c3ccc(C)c(F)c3)[C@@H]2C1=O. The van der Waals surface area contributed by atoms with Gasteiger partial charge in [-0.05, 0) is 73.9 Å². The van der Waals surface area contributed by atoms with Gasteiger partial charge in [0, 0.05) is 17.4 Å². The first kappa shape index (κ1) is 20.6. The number of benzene rings is 2. The average molecular weight is 419 g/mol. The van der Waals surface area contributed by atoms with E-state index in [9.17, 15) is 9.18 Å². The summed E-state index contributed by atoms with van der Waals surface area (Å²) in [5.74, 6) is 0.273. The van der Waals surface area contributed by atoms with E-state index in [2.05, 4.69) is 39.8 Å². The van der Waals surface area contributed by atoms with Crippen molar-refractivity contribution in [3.8, 4) is 0 Å². The third kappa shape index (κ3) is 2.96. The summed E-state index contributed by atoms with van der Waals surface area (Å²) in [6.07, 6.45) is 2.52. The summed E-state index contributed by atoms with van der Waals surface area (Å²) < 4.78 is 20.6. The first-order valence-corrected chi connectivity index (χ1v) is 11.6. The molecule has 31 heavy (non-hydrogen) atoms. The highest BCUT2D eigenvalue weighted by Crippen LogP contribution is 2.58. The molecule has 0 radical (unpaired) electrons. The molecule has 2 bridgehead atoms. The van der Waals surface area contributed by atoms with Crippen LogP contribution in [-0.2, 0) is 22.4 Å². The Morgan fingerprint density at radius 1 is 1.00 bits per heavy atom. The molecule has 0 aromatic heterocycles. The number of carbonyl (C=O) groups is 1. The predicted molar refractivity (Wildman–Crippen MR) is 122 cm³/mol. The van der Waals surface area contributed by atoms with Crippen molar-refractivity contribution in [1.82, 2.24) is 0 Å². The molecule has 2 aromatic carbocycles. The molecule has 3 heteroatoms. The van der Waals surface area contributed by atoms with Crippen molar-refractivity contribution in [1.29, 1.82) is 0 Å². The van der Waals surface area contributed by atoms with Crippen LogP contribution in [0.4, 0.5) is 4.39 Å². The molecule has 0 amide bonds. The molecule has 3 aliphatic rings. The molecule has 2 aromatic rings. The van der Waals surface area contributed by atoms with E-state index in [1.165, 1.54) is 27.8 Å². The number of fused-ring (bicyclic) bond motifs is 5. The molecule has 5 atom stereocenters. The van der Waals surface area contributed by atoms with E-state index in [0.29, 0.717) is 5.56 Å². The number of carbonyl (C=O) groups excluding carboxylic acids is 1. The standard InChI is InChI=1S/C28H31FO2/c1-6-17-10-14(3)11-18(7-2)25(17)23-16(5)24-26(27(23)30)22-13-20(28(24)31-22)19-9-8-15(4)21(29)12-19/h8-12,20,22,24,26,28H,6-7,13H2,1-5H3/t20?,22?,24-,26-,28?/m0/s1. The Balaban J connectivity index is 1.59. The van der Waals surface area contributed by atoms with Gasteiger partial charge in [0.15, 0.2) is 5.78 Å². The number of hydrogen-bond acceptors (Lipinski definition) is 2. The van der Waals surface area contributed by atoms with Crippen LogP contribution in [0.3, 0.4) is 0 Å². The molecule has 2 fully saturated rings. The summed E-state index contributed by atoms with van der Waals surface area (Å²) in [7, 11) is 0. The maximum Gasteiger partial charge on any atom is 0.169 e.